The van der Waals surface area contributed by atoms with Gasteiger partial charge in [0.1, 0.15) is 5.82 Å². The van der Waals surface area contributed by atoms with Gasteiger partial charge in [-0.2, -0.15) is 0 Å². The molecule has 23 heavy (non-hydrogen) atoms. The third kappa shape index (κ3) is 3.09. The number of rotatable bonds is 3. The molecular weight excluding hydrogens is 293 g/mol. The molecule has 0 spiro atoms. The molecule has 2 aromatic rings. The maximum atomic E-state index is 12.9. The van der Waals surface area contributed by atoms with Crippen LogP contribution in [0, 0.1) is 12.7 Å². The first-order valence-electron chi connectivity index (χ1n) is 8.05. The van der Waals surface area contributed by atoms with E-state index in [2.05, 4.69) is 35.9 Å². The van der Waals surface area contributed by atoms with E-state index in [1.165, 1.54) is 23.5 Å². The quantitative estimate of drug-likeness (QED) is 0.923. The fraction of sp³-hybridized carbons (Fsp3) is 0.389. The highest BCUT2D eigenvalue weighted by atomic mass is 19.1. The van der Waals surface area contributed by atoms with Gasteiger partial charge in [0.05, 0.1) is 6.04 Å². The average molecular weight is 315 g/mol. The lowest BCUT2D eigenvalue weighted by molar-refractivity contribution is 0.152. The number of carbonyl (C=O) groups excluding carboxylic acids is 1. The molecular formula is C18H22FN3O. The summed E-state index contributed by atoms with van der Waals surface area (Å²) < 4.78 is 15.2. The van der Waals surface area contributed by atoms with Crippen LogP contribution < -0.4 is 5.32 Å². The maximum absolute atomic E-state index is 12.9. The van der Waals surface area contributed by atoms with Crippen molar-refractivity contribution in [3.8, 4) is 0 Å². The van der Waals surface area contributed by atoms with Crippen LogP contribution >= 0.6 is 0 Å². The Bertz CT molecular complexity index is 693. The highest BCUT2D eigenvalue weighted by Gasteiger charge is 2.30. The Morgan fingerprint density at radius 2 is 1.96 bits per heavy atom. The first kappa shape index (κ1) is 15.6. The molecule has 1 aromatic heterocycles. The second-order valence-electron chi connectivity index (χ2n) is 5.95. The van der Waals surface area contributed by atoms with Gasteiger partial charge in [-0.15, -0.1) is 0 Å². The van der Waals surface area contributed by atoms with E-state index >= 15 is 0 Å². The van der Waals surface area contributed by atoms with Crippen LogP contribution in [0.4, 0.5) is 9.18 Å². The van der Waals surface area contributed by atoms with Crippen LogP contribution in [-0.4, -0.2) is 22.0 Å². The van der Waals surface area contributed by atoms with Crippen LogP contribution in [0.3, 0.4) is 0 Å². The van der Waals surface area contributed by atoms with Crippen molar-refractivity contribution < 1.29 is 9.18 Å². The van der Waals surface area contributed by atoms with Gasteiger partial charge in [0.2, 0.25) is 0 Å². The first-order chi connectivity index (χ1) is 11.1. The van der Waals surface area contributed by atoms with Crippen LogP contribution in [0.25, 0.3) is 0 Å². The molecule has 2 amide bonds. The zero-order chi connectivity index (χ0) is 16.4. The lowest BCUT2D eigenvalue weighted by atomic mass is 10.1. The summed E-state index contributed by atoms with van der Waals surface area (Å²) in [6.45, 7) is 6.14. The van der Waals surface area contributed by atoms with Gasteiger partial charge in [0.25, 0.3) is 0 Å². The predicted molar refractivity (Wildman–Crippen MR) is 87.5 cm³/mol. The van der Waals surface area contributed by atoms with E-state index in [0.717, 1.165) is 18.5 Å². The molecule has 0 radical (unpaired) electrons. The summed E-state index contributed by atoms with van der Waals surface area (Å²) in [4.78, 5) is 14.5. The number of aryl methyl sites for hydroxylation is 1. The van der Waals surface area contributed by atoms with E-state index < -0.39 is 0 Å². The Balaban J connectivity index is 1.68. The molecule has 2 heterocycles. The second-order valence-corrected chi connectivity index (χ2v) is 5.95. The third-order valence-corrected chi connectivity index (χ3v) is 4.52. The number of halogens is 1. The lowest BCUT2D eigenvalue weighted by Gasteiger charge is -2.37. The van der Waals surface area contributed by atoms with E-state index in [1.54, 1.807) is 12.1 Å². The van der Waals surface area contributed by atoms with Gasteiger partial charge in [0, 0.05) is 31.0 Å². The molecule has 1 atom stereocenters. The predicted octanol–water partition coefficient (Wildman–Crippen LogP) is 3.61. The summed E-state index contributed by atoms with van der Waals surface area (Å²) in [5.41, 5.74) is 3.34. The Morgan fingerprint density at radius 3 is 2.65 bits per heavy atom. The summed E-state index contributed by atoms with van der Waals surface area (Å²) in [7, 11) is 0. The lowest BCUT2D eigenvalue weighted by Crippen LogP contribution is -2.46. The van der Waals surface area contributed by atoms with Crippen LogP contribution in [0.2, 0.25) is 0 Å². The van der Waals surface area contributed by atoms with Gasteiger partial charge in [-0.25, -0.2) is 9.18 Å². The molecule has 5 heteroatoms. The highest BCUT2D eigenvalue weighted by Crippen LogP contribution is 2.30. The standard InChI is InChI=1S/C18H22FN3O/c1-3-16-17-9-4-13(2)21(17)10-11-22(16)18(23)20-12-14-5-7-15(19)8-6-14/h4-9,16H,3,10-12H2,1-2H3,(H,20,23)/t16-/m0/s1. The summed E-state index contributed by atoms with van der Waals surface area (Å²) >= 11 is 0. The number of urea groups is 1. The van der Waals surface area contributed by atoms with Crippen molar-refractivity contribution in [3.05, 3.63) is 59.2 Å². The topological polar surface area (TPSA) is 37.3 Å². The number of amides is 2. The number of benzene rings is 1. The number of hydrogen-bond donors (Lipinski definition) is 1. The van der Waals surface area contributed by atoms with E-state index in [0.29, 0.717) is 13.1 Å². The van der Waals surface area contributed by atoms with Crippen LogP contribution in [0.5, 0.6) is 0 Å². The van der Waals surface area contributed by atoms with Crippen molar-refractivity contribution in [2.24, 2.45) is 0 Å². The Kier molecular flexibility index (Phi) is 4.37. The van der Waals surface area contributed by atoms with Crippen LogP contribution in [0.15, 0.2) is 36.4 Å². The minimum Gasteiger partial charge on any atom is -0.345 e. The molecule has 3 rings (SSSR count). The molecule has 1 aliphatic rings. The van der Waals surface area contributed by atoms with Crippen molar-refractivity contribution >= 4 is 6.03 Å². The Morgan fingerprint density at radius 1 is 1.22 bits per heavy atom. The van der Waals surface area contributed by atoms with Gasteiger partial charge < -0.3 is 14.8 Å². The number of nitrogens with zero attached hydrogens (tertiary/aromatic N) is 2. The number of hydrogen-bond acceptors (Lipinski definition) is 1. The van der Waals surface area contributed by atoms with E-state index in [1.807, 2.05) is 4.90 Å². The Hall–Kier alpha value is -2.30. The van der Waals surface area contributed by atoms with Crippen molar-refractivity contribution in [2.45, 2.75) is 39.4 Å². The summed E-state index contributed by atoms with van der Waals surface area (Å²) in [5, 5.41) is 2.95. The minimum atomic E-state index is -0.265. The van der Waals surface area contributed by atoms with Crippen molar-refractivity contribution in [2.75, 3.05) is 6.54 Å². The molecule has 0 bridgehead atoms. The third-order valence-electron chi connectivity index (χ3n) is 4.52. The monoisotopic (exact) mass is 315 g/mol. The van der Waals surface area contributed by atoms with Crippen LogP contribution in [0.1, 0.15) is 36.3 Å². The fourth-order valence-electron chi connectivity index (χ4n) is 3.26. The zero-order valence-corrected chi connectivity index (χ0v) is 13.6. The summed E-state index contributed by atoms with van der Waals surface area (Å²) in [6, 6.07) is 10.5. The van der Waals surface area contributed by atoms with Gasteiger partial charge in [-0.1, -0.05) is 19.1 Å². The Labute approximate surface area is 135 Å². The van der Waals surface area contributed by atoms with Gasteiger partial charge in [0.15, 0.2) is 0 Å². The zero-order valence-electron chi connectivity index (χ0n) is 13.6. The van der Waals surface area contributed by atoms with Crippen molar-refractivity contribution in [1.82, 2.24) is 14.8 Å². The number of nitrogens with one attached hydrogen (secondary N) is 1. The van der Waals surface area contributed by atoms with E-state index in [4.69, 9.17) is 0 Å². The largest absolute Gasteiger partial charge is 0.345 e. The van der Waals surface area contributed by atoms with Crippen molar-refractivity contribution in [3.63, 3.8) is 0 Å². The van der Waals surface area contributed by atoms with Gasteiger partial charge in [-0.3, -0.25) is 0 Å². The fourth-order valence-corrected chi connectivity index (χ4v) is 3.26. The number of fused-ring (bicyclic) bond motifs is 1. The SMILES string of the molecule is CC[C@H]1c2ccc(C)n2CCN1C(=O)NCc1ccc(F)cc1. The molecule has 0 saturated heterocycles. The molecule has 122 valence electrons. The molecule has 0 unspecified atom stereocenters. The highest BCUT2D eigenvalue weighted by molar-refractivity contribution is 5.75. The van der Waals surface area contributed by atoms with Crippen molar-refractivity contribution in [1.29, 1.82) is 0 Å². The molecule has 4 nitrogen and oxygen atoms in total. The van der Waals surface area contributed by atoms with Gasteiger partial charge >= 0.3 is 6.03 Å². The first-order valence-corrected chi connectivity index (χ1v) is 8.05. The number of carbonyl (C=O) groups is 1. The summed E-state index contributed by atoms with van der Waals surface area (Å²) in [5.74, 6) is -0.265. The molecule has 1 aliphatic heterocycles. The molecule has 1 aromatic carbocycles. The molecule has 0 saturated carbocycles. The normalized spacial score (nSPS) is 17.0. The van der Waals surface area contributed by atoms with E-state index in [9.17, 15) is 9.18 Å². The summed E-state index contributed by atoms with van der Waals surface area (Å²) in [6.07, 6.45) is 0.882. The average Bonchev–Trinajstić information content (AvgIpc) is 2.94. The van der Waals surface area contributed by atoms with Crippen LogP contribution in [-0.2, 0) is 13.1 Å². The molecule has 0 fully saturated rings. The smallest absolute Gasteiger partial charge is 0.318 e. The molecule has 0 aliphatic carbocycles. The maximum Gasteiger partial charge on any atom is 0.318 e. The van der Waals surface area contributed by atoms with Gasteiger partial charge in [-0.05, 0) is 43.2 Å². The van der Waals surface area contributed by atoms with E-state index in [-0.39, 0.29) is 17.9 Å². The number of aromatic nitrogens is 1. The second kappa shape index (κ2) is 6.44. The molecule has 1 N–H and O–H groups in total. The minimum absolute atomic E-state index is 0.0636.